The van der Waals surface area contributed by atoms with Crippen molar-refractivity contribution in [1.29, 1.82) is 0 Å². The van der Waals surface area contributed by atoms with Crippen LogP contribution in [0.4, 0.5) is 24.5 Å². The van der Waals surface area contributed by atoms with Crippen LogP contribution in [-0.4, -0.2) is 49.7 Å². The van der Waals surface area contributed by atoms with Crippen LogP contribution < -0.4 is 21.3 Å². The Bertz CT molecular complexity index is 1210. The second kappa shape index (κ2) is 16.7. The van der Waals surface area contributed by atoms with E-state index in [4.69, 9.17) is 5.73 Å². The summed E-state index contributed by atoms with van der Waals surface area (Å²) in [5.74, 6) is -2.64. The fraction of sp³-hybridized carbons (Fsp3) is 0.379. The molecule has 7 nitrogen and oxygen atoms in total. The maximum Gasteiger partial charge on any atom is 0.251 e. The van der Waals surface area contributed by atoms with Crippen molar-refractivity contribution in [2.45, 2.75) is 45.5 Å². The van der Waals surface area contributed by atoms with Crippen LogP contribution in [0.5, 0.6) is 0 Å². The Morgan fingerprint density at radius 2 is 1.85 bits per heavy atom. The van der Waals surface area contributed by atoms with Gasteiger partial charge in [0.25, 0.3) is 5.91 Å². The van der Waals surface area contributed by atoms with Gasteiger partial charge in [-0.1, -0.05) is 31.5 Å². The number of hydrazone groups is 1. The van der Waals surface area contributed by atoms with E-state index in [1.807, 2.05) is 11.8 Å². The van der Waals surface area contributed by atoms with Crippen molar-refractivity contribution in [3.8, 4) is 0 Å². The molecule has 0 spiro atoms. The number of halogens is 3. The van der Waals surface area contributed by atoms with Crippen LogP contribution in [0.1, 0.15) is 39.2 Å². The lowest BCUT2D eigenvalue weighted by molar-refractivity contribution is -0.112. The summed E-state index contributed by atoms with van der Waals surface area (Å²) >= 11 is 1.35. The van der Waals surface area contributed by atoms with Crippen LogP contribution in [0.25, 0.3) is 0 Å². The summed E-state index contributed by atoms with van der Waals surface area (Å²) in [5, 5.41) is 12.8. The first-order valence-corrected chi connectivity index (χ1v) is 14.0. The highest BCUT2D eigenvalue weighted by Gasteiger charge is 2.18. The molecular weight excluding hydrogens is 537 g/mol. The Labute approximate surface area is 239 Å². The minimum absolute atomic E-state index is 0.00178. The first-order chi connectivity index (χ1) is 19.2. The van der Waals surface area contributed by atoms with Gasteiger partial charge >= 0.3 is 0 Å². The molecule has 11 heteroatoms. The van der Waals surface area contributed by atoms with Gasteiger partial charge in [-0.2, -0.15) is 5.10 Å². The van der Waals surface area contributed by atoms with Gasteiger partial charge < -0.3 is 21.3 Å². The number of rotatable bonds is 16. The first-order valence-electron chi connectivity index (χ1n) is 13.1. The van der Waals surface area contributed by atoms with E-state index in [1.54, 1.807) is 37.7 Å². The average Bonchev–Trinajstić information content (AvgIpc) is 2.93. The van der Waals surface area contributed by atoms with E-state index >= 15 is 0 Å². The van der Waals surface area contributed by atoms with Crippen LogP contribution in [0.3, 0.4) is 0 Å². The Hall–Kier alpha value is -3.28. The van der Waals surface area contributed by atoms with E-state index in [9.17, 15) is 18.0 Å². The standard InChI is InChI=1S/C29H39F3N6OS/c1-6-7-15-37(16-14-33)27-24(31)12-9-13-25(27)36-28(39)21(3)19-40-29(34-4)20(2)17-38(35-5)18-22-10-8-11-23(30)26(22)32/h8-13,17,19,29,34H,5-7,14-16,18,33H2,1-4H3,(H,36,39). The molecule has 0 radical (unpaired) electrons. The van der Waals surface area contributed by atoms with Crippen molar-refractivity contribution in [1.82, 2.24) is 10.3 Å². The Morgan fingerprint density at radius 1 is 1.15 bits per heavy atom. The molecule has 0 bridgehead atoms. The minimum atomic E-state index is -0.928. The third-order valence-corrected chi connectivity index (χ3v) is 7.41. The summed E-state index contributed by atoms with van der Waals surface area (Å²) in [4.78, 5) is 14.9. The van der Waals surface area contributed by atoms with E-state index in [0.29, 0.717) is 36.6 Å². The number of thioether (sulfide) groups is 1. The third kappa shape index (κ3) is 9.42. The molecule has 1 atom stereocenters. The van der Waals surface area contributed by atoms with Crippen molar-refractivity contribution in [3.63, 3.8) is 0 Å². The van der Waals surface area contributed by atoms with Gasteiger partial charge in [-0.15, -0.1) is 11.8 Å². The number of unbranched alkanes of at least 4 members (excludes halogenated alkanes) is 1. The zero-order valence-electron chi connectivity index (χ0n) is 23.5. The molecular formula is C29H39F3N6OS. The number of amides is 1. The summed E-state index contributed by atoms with van der Waals surface area (Å²) in [7, 11) is 1.76. The summed E-state index contributed by atoms with van der Waals surface area (Å²) < 4.78 is 42.6. The summed E-state index contributed by atoms with van der Waals surface area (Å²) in [5.41, 5.74) is 7.85. The molecule has 2 aromatic carbocycles. The van der Waals surface area contributed by atoms with Crippen LogP contribution in [0.15, 0.2) is 64.3 Å². The maximum atomic E-state index is 14.9. The Balaban J connectivity index is 2.16. The molecule has 0 aromatic heterocycles. The largest absolute Gasteiger partial charge is 0.366 e. The number of carbonyl (C=O) groups excluding carboxylic acids is 1. The molecule has 40 heavy (non-hydrogen) atoms. The van der Waals surface area contributed by atoms with E-state index in [2.05, 4.69) is 29.4 Å². The molecule has 218 valence electrons. The van der Waals surface area contributed by atoms with Gasteiger partial charge in [0.1, 0.15) is 5.82 Å². The van der Waals surface area contributed by atoms with E-state index in [-0.39, 0.29) is 23.4 Å². The molecule has 0 aliphatic heterocycles. The molecule has 4 N–H and O–H groups in total. The number of nitrogens with two attached hydrogens (primary N) is 1. The third-order valence-electron chi connectivity index (χ3n) is 6.04. The Morgan fingerprint density at radius 3 is 2.50 bits per heavy atom. The van der Waals surface area contributed by atoms with Crippen LogP contribution >= 0.6 is 11.8 Å². The molecule has 0 aliphatic carbocycles. The molecule has 0 fully saturated rings. The highest BCUT2D eigenvalue weighted by Crippen LogP contribution is 2.30. The van der Waals surface area contributed by atoms with Crippen molar-refractivity contribution in [2.75, 3.05) is 36.9 Å². The van der Waals surface area contributed by atoms with Gasteiger partial charge in [0.05, 0.1) is 23.3 Å². The molecule has 2 aromatic rings. The summed E-state index contributed by atoms with van der Waals surface area (Å²) in [6.45, 7) is 10.5. The molecule has 0 heterocycles. The van der Waals surface area contributed by atoms with Crippen molar-refractivity contribution < 1.29 is 18.0 Å². The maximum absolute atomic E-state index is 14.9. The zero-order chi connectivity index (χ0) is 29.7. The minimum Gasteiger partial charge on any atom is -0.366 e. The van der Waals surface area contributed by atoms with Gasteiger partial charge in [0.2, 0.25) is 0 Å². The highest BCUT2D eigenvalue weighted by atomic mass is 32.2. The van der Waals surface area contributed by atoms with E-state index in [1.165, 1.54) is 35.0 Å². The molecule has 2 rings (SSSR count). The molecule has 1 amide bonds. The quantitative estimate of drug-likeness (QED) is 0.101. The number of hydrogen-bond acceptors (Lipinski definition) is 7. The number of carbonyl (C=O) groups is 1. The SMILES string of the molecule is C=NN(C=C(C)C(NC)SC=C(C)C(=O)Nc1cccc(F)c1N(CCN)CCCC)Cc1cccc(F)c1F. The topological polar surface area (TPSA) is 86.0 Å². The van der Waals surface area contributed by atoms with E-state index in [0.717, 1.165) is 24.5 Å². The molecule has 0 saturated carbocycles. The number of hydrogen-bond donors (Lipinski definition) is 3. The van der Waals surface area contributed by atoms with Gasteiger partial charge in [-0.3, -0.25) is 9.80 Å². The van der Waals surface area contributed by atoms with Crippen LogP contribution in [-0.2, 0) is 11.3 Å². The van der Waals surface area contributed by atoms with Gasteiger partial charge in [-0.25, -0.2) is 13.2 Å². The predicted molar refractivity (Wildman–Crippen MR) is 161 cm³/mol. The van der Waals surface area contributed by atoms with Crippen LogP contribution in [0, 0.1) is 17.5 Å². The number of nitrogens with zero attached hydrogens (tertiary/aromatic N) is 3. The summed E-state index contributed by atoms with van der Waals surface area (Å²) in [6, 6.07) is 8.58. The fourth-order valence-electron chi connectivity index (χ4n) is 3.91. The van der Waals surface area contributed by atoms with Gasteiger partial charge in [0, 0.05) is 43.7 Å². The number of likely N-dealkylation sites (N-methyl/N-ethyl adjacent to an activating group) is 1. The van der Waals surface area contributed by atoms with Crippen LogP contribution in [0.2, 0.25) is 0 Å². The summed E-state index contributed by atoms with van der Waals surface area (Å²) in [6.07, 6.45) is 3.49. The van der Waals surface area contributed by atoms with E-state index < -0.39 is 17.5 Å². The smallest absolute Gasteiger partial charge is 0.251 e. The van der Waals surface area contributed by atoms with Crippen molar-refractivity contribution in [3.05, 3.63) is 82.2 Å². The predicted octanol–water partition coefficient (Wildman–Crippen LogP) is 5.81. The first kappa shape index (κ1) is 32.9. The number of benzene rings is 2. The number of para-hydroxylation sites is 1. The number of anilines is 2. The second-order valence-corrected chi connectivity index (χ2v) is 10.1. The highest BCUT2D eigenvalue weighted by molar-refractivity contribution is 8.02. The van der Waals surface area contributed by atoms with Gasteiger partial charge in [0.15, 0.2) is 11.6 Å². The molecule has 0 saturated heterocycles. The fourth-order valence-corrected chi connectivity index (χ4v) is 4.77. The van der Waals surface area contributed by atoms with Crippen molar-refractivity contribution >= 4 is 35.8 Å². The number of nitrogens with one attached hydrogen (secondary N) is 2. The van der Waals surface area contributed by atoms with Crippen molar-refractivity contribution in [2.24, 2.45) is 10.8 Å². The lowest BCUT2D eigenvalue weighted by atomic mass is 10.2. The monoisotopic (exact) mass is 576 g/mol. The normalized spacial score (nSPS) is 12.7. The Kier molecular flexibility index (Phi) is 13.8. The lowest BCUT2D eigenvalue weighted by Gasteiger charge is -2.27. The molecule has 1 unspecified atom stereocenters. The molecule has 0 aliphatic rings. The lowest BCUT2D eigenvalue weighted by Crippen LogP contribution is -2.32. The van der Waals surface area contributed by atoms with Gasteiger partial charge in [-0.05, 0) is 56.5 Å². The second-order valence-electron chi connectivity index (χ2n) is 9.15. The average molecular weight is 577 g/mol. The zero-order valence-corrected chi connectivity index (χ0v) is 24.3.